The van der Waals surface area contributed by atoms with Crippen molar-refractivity contribution in [2.45, 2.75) is 0 Å². The van der Waals surface area contributed by atoms with Gasteiger partial charge in [-0.3, -0.25) is 0 Å². The molecule has 0 aliphatic heterocycles. The minimum Gasteiger partial charge on any atom is -0.311 e. The molecule has 12 aromatic carbocycles. The van der Waals surface area contributed by atoms with Crippen molar-refractivity contribution in [3.05, 3.63) is 309 Å². The van der Waals surface area contributed by atoms with Crippen molar-refractivity contribution in [3.63, 3.8) is 0 Å². The molecule has 0 amide bonds. The second-order valence-electron chi connectivity index (χ2n) is 19.0. The number of fused-ring (bicyclic) bond motifs is 3. The summed E-state index contributed by atoms with van der Waals surface area (Å²) in [6.07, 6.45) is 0. The van der Waals surface area contributed by atoms with Crippen molar-refractivity contribution >= 4 is 55.9 Å². The normalized spacial score (nSPS) is 11.2. The summed E-state index contributed by atoms with van der Waals surface area (Å²) in [7, 11) is 0. The van der Waals surface area contributed by atoms with Crippen LogP contribution in [-0.4, -0.2) is 4.57 Å². The molecular formula is C72H51N3. The minimum atomic E-state index is 1.08. The van der Waals surface area contributed by atoms with E-state index in [4.69, 9.17) is 0 Å². The zero-order valence-corrected chi connectivity index (χ0v) is 41.3. The number of hydrogen-bond donors (Lipinski definition) is 0. The van der Waals surface area contributed by atoms with Crippen LogP contribution >= 0.6 is 0 Å². The standard InChI is InChI=1S/C72H51N3/c1-5-15-52(16-6-1)56-25-36-62(37-26-56)73(63-38-27-57(28-39-63)53-17-7-2-8-18-53)66-44-33-60(34-45-66)61-35-50-72-70(51-61)69-23-13-14-24-71(69)75(72)68-48-46-67(47-49-68)74(64-40-29-58(30-41-64)54-19-9-3-10-20-54)65-42-31-59(32-43-65)55-21-11-4-12-22-55/h1-51H. The van der Waals surface area contributed by atoms with E-state index in [2.05, 4.69) is 324 Å². The maximum absolute atomic E-state index is 2.40. The lowest BCUT2D eigenvalue weighted by molar-refractivity contribution is 1.17. The van der Waals surface area contributed by atoms with Crippen molar-refractivity contribution < 1.29 is 0 Å². The minimum absolute atomic E-state index is 1.08. The van der Waals surface area contributed by atoms with Gasteiger partial charge in [-0.2, -0.15) is 0 Å². The van der Waals surface area contributed by atoms with Gasteiger partial charge in [-0.15, -0.1) is 0 Å². The molecule has 0 spiro atoms. The molecule has 354 valence electrons. The quantitative estimate of drug-likeness (QED) is 0.121. The molecule has 0 N–H and O–H groups in total. The average molecular weight is 958 g/mol. The van der Waals surface area contributed by atoms with Gasteiger partial charge in [-0.1, -0.05) is 206 Å². The van der Waals surface area contributed by atoms with Crippen molar-refractivity contribution in [3.8, 4) is 61.3 Å². The highest BCUT2D eigenvalue weighted by Crippen LogP contribution is 2.41. The first-order chi connectivity index (χ1) is 37.2. The van der Waals surface area contributed by atoms with Gasteiger partial charge in [-0.05, 0) is 159 Å². The Kier molecular flexibility index (Phi) is 11.9. The van der Waals surface area contributed by atoms with Crippen molar-refractivity contribution in [1.82, 2.24) is 4.57 Å². The number of nitrogens with zero attached hydrogens (tertiary/aromatic N) is 3. The van der Waals surface area contributed by atoms with E-state index in [0.29, 0.717) is 0 Å². The van der Waals surface area contributed by atoms with Crippen LogP contribution < -0.4 is 9.80 Å². The Morgan fingerprint density at radius 1 is 0.187 bits per heavy atom. The van der Waals surface area contributed by atoms with Crippen LogP contribution in [0.3, 0.4) is 0 Å². The molecule has 0 aliphatic rings. The zero-order valence-electron chi connectivity index (χ0n) is 41.3. The first-order valence-corrected chi connectivity index (χ1v) is 25.6. The molecule has 0 radical (unpaired) electrons. The van der Waals surface area contributed by atoms with Gasteiger partial charge in [0.25, 0.3) is 0 Å². The van der Waals surface area contributed by atoms with Gasteiger partial charge in [0.1, 0.15) is 0 Å². The lowest BCUT2D eigenvalue weighted by Crippen LogP contribution is -2.10. The lowest BCUT2D eigenvalue weighted by Gasteiger charge is -2.26. The summed E-state index contributed by atoms with van der Waals surface area (Å²) in [4.78, 5) is 4.69. The summed E-state index contributed by atoms with van der Waals surface area (Å²) in [6.45, 7) is 0. The molecule has 1 aromatic heterocycles. The van der Waals surface area contributed by atoms with Gasteiger partial charge in [-0.25, -0.2) is 0 Å². The third-order valence-corrected chi connectivity index (χ3v) is 14.4. The SMILES string of the molecule is c1ccc(-c2ccc(N(c3ccc(-c4ccccc4)cc3)c3ccc(-c4ccc5c(c4)c4ccccc4n5-c4ccc(N(c5ccc(-c6ccccc6)cc5)c5ccc(-c6ccccc6)cc5)cc4)cc3)cc2)cc1. The molecule has 13 rings (SSSR count). The molecule has 0 bridgehead atoms. The molecule has 0 aliphatic carbocycles. The summed E-state index contributed by atoms with van der Waals surface area (Å²) < 4.78 is 2.40. The average Bonchev–Trinajstić information content (AvgIpc) is 3.83. The largest absolute Gasteiger partial charge is 0.311 e. The lowest BCUT2D eigenvalue weighted by atomic mass is 10.0. The Hall–Kier alpha value is -9.96. The molecule has 3 nitrogen and oxygen atoms in total. The maximum atomic E-state index is 2.40. The Morgan fingerprint density at radius 2 is 0.440 bits per heavy atom. The van der Waals surface area contributed by atoms with E-state index in [1.807, 2.05) is 0 Å². The molecule has 1 heterocycles. The Bertz CT molecular complexity index is 3860. The summed E-state index contributed by atoms with van der Waals surface area (Å²) in [6, 6.07) is 112. The predicted octanol–water partition coefficient (Wildman–Crippen LogP) is 20.1. The fraction of sp³-hybridized carbons (Fsp3) is 0. The number of para-hydroxylation sites is 1. The summed E-state index contributed by atoms with van der Waals surface area (Å²) >= 11 is 0. The highest BCUT2D eigenvalue weighted by molar-refractivity contribution is 6.10. The van der Waals surface area contributed by atoms with E-state index < -0.39 is 0 Å². The van der Waals surface area contributed by atoms with Crippen LogP contribution in [0.25, 0.3) is 83.1 Å². The molecule has 0 fully saturated rings. The monoisotopic (exact) mass is 957 g/mol. The number of anilines is 6. The molecule has 3 heteroatoms. The Balaban J connectivity index is 0.831. The molecule has 75 heavy (non-hydrogen) atoms. The zero-order chi connectivity index (χ0) is 49.9. The second-order valence-corrected chi connectivity index (χ2v) is 19.0. The summed E-state index contributed by atoms with van der Waals surface area (Å²) in [5, 5.41) is 2.44. The molecule has 0 saturated heterocycles. The van der Waals surface area contributed by atoms with Crippen LogP contribution in [0.2, 0.25) is 0 Å². The van der Waals surface area contributed by atoms with Gasteiger partial charge in [0.2, 0.25) is 0 Å². The van der Waals surface area contributed by atoms with Crippen molar-refractivity contribution in [1.29, 1.82) is 0 Å². The third kappa shape index (κ3) is 8.94. The van der Waals surface area contributed by atoms with E-state index in [-0.39, 0.29) is 0 Å². The fourth-order valence-corrected chi connectivity index (χ4v) is 10.6. The highest BCUT2D eigenvalue weighted by atomic mass is 15.1. The van der Waals surface area contributed by atoms with Crippen LogP contribution in [0, 0.1) is 0 Å². The Labute approximate surface area is 438 Å². The van der Waals surface area contributed by atoms with E-state index in [1.54, 1.807) is 0 Å². The van der Waals surface area contributed by atoms with Gasteiger partial charge in [0.05, 0.1) is 11.0 Å². The van der Waals surface area contributed by atoms with E-state index in [0.717, 1.165) is 45.4 Å². The molecule has 0 saturated carbocycles. The predicted molar refractivity (Wildman–Crippen MR) is 317 cm³/mol. The van der Waals surface area contributed by atoms with Crippen molar-refractivity contribution in [2.24, 2.45) is 0 Å². The van der Waals surface area contributed by atoms with E-state index in [1.165, 1.54) is 71.9 Å². The van der Waals surface area contributed by atoms with Crippen LogP contribution in [0.5, 0.6) is 0 Å². The van der Waals surface area contributed by atoms with Gasteiger partial charge in [0.15, 0.2) is 0 Å². The van der Waals surface area contributed by atoms with Gasteiger partial charge < -0.3 is 14.4 Å². The number of rotatable bonds is 12. The molecule has 0 atom stereocenters. The maximum Gasteiger partial charge on any atom is 0.0541 e. The van der Waals surface area contributed by atoms with Crippen LogP contribution in [0.1, 0.15) is 0 Å². The summed E-state index contributed by atoms with van der Waals surface area (Å²) in [5.41, 5.74) is 21.9. The number of aromatic nitrogens is 1. The van der Waals surface area contributed by atoms with Crippen LogP contribution in [0.4, 0.5) is 34.1 Å². The topological polar surface area (TPSA) is 11.4 Å². The van der Waals surface area contributed by atoms with E-state index in [9.17, 15) is 0 Å². The highest BCUT2D eigenvalue weighted by Gasteiger charge is 2.18. The first-order valence-electron chi connectivity index (χ1n) is 25.6. The van der Waals surface area contributed by atoms with Crippen LogP contribution in [0.15, 0.2) is 309 Å². The van der Waals surface area contributed by atoms with Gasteiger partial charge >= 0.3 is 0 Å². The first kappa shape index (κ1) is 44.9. The van der Waals surface area contributed by atoms with E-state index >= 15 is 0 Å². The Morgan fingerprint density at radius 3 is 0.787 bits per heavy atom. The van der Waals surface area contributed by atoms with Crippen LogP contribution in [-0.2, 0) is 0 Å². The summed E-state index contributed by atoms with van der Waals surface area (Å²) in [5.74, 6) is 0. The molecular weight excluding hydrogens is 907 g/mol. The number of benzene rings is 12. The second kappa shape index (κ2) is 19.9. The molecule has 0 unspecified atom stereocenters. The fourth-order valence-electron chi connectivity index (χ4n) is 10.6. The van der Waals surface area contributed by atoms with Crippen molar-refractivity contribution in [2.75, 3.05) is 9.80 Å². The smallest absolute Gasteiger partial charge is 0.0541 e. The van der Waals surface area contributed by atoms with Gasteiger partial charge in [0, 0.05) is 50.6 Å². The third-order valence-electron chi connectivity index (χ3n) is 14.4. The number of hydrogen-bond acceptors (Lipinski definition) is 2. The molecule has 13 aromatic rings.